The van der Waals surface area contributed by atoms with Crippen LogP contribution in [0.4, 0.5) is 0 Å². The Kier molecular flexibility index (Phi) is 8.00. The third kappa shape index (κ3) is 6.49. The molecule has 1 amide bonds. The zero-order chi connectivity index (χ0) is 18.2. The average Bonchev–Trinajstić information content (AvgIpc) is 2.58. The van der Waals surface area contributed by atoms with E-state index in [0.717, 1.165) is 32.5 Å². The Hall–Kier alpha value is -1.30. The summed E-state index contributed by atoms with van der Waals surface area (Å²) in [5.41, 5.74) is 0.528. The Morgan fingerprint density at radius 2 is 2.08 bits per heavy atom. The van der Waals surface area contributed by atoms with E-state index >= 15 is 0 Å². The molecule has 6 heteroatoms. The molecule has 1 heterocycles. The molecule has 0 radical (unpaired) electrons. The van der Waals surface area contributed by atoms with Gasteiger partial charge in [0.15, 0.2) is 0 Å². The van der Waals surface area contributed by atoms with Crippen LogP contribution in [0.15, 0.2) is 18.2 Å². The number of amides is 1. The van der Waals surface area contributed by atoms with E-state index in [4.69, 9.17) is 21.1 Å². The van der Waals surface area contributed by atoms with Gasteiger partial charge in [-0.15, -0.1) is 0 Å². The van der Waals surface area contributed by atoms with E-state index in [1.807, 2.05) is 0 Å². The van der Waals surface area contributed by atoms with Gasteiger partial charge >= 0.3 is 0 Å². The molecule has 5 nitrogen and oxygen atoms in total. The van der Waals surface area contributed by atoms with Crippen LogP contribution >= 0.6 is 11.6 Å². The molecule has 0 atom stereocenters. The molecule has 2 rings (SSSR count). The zero-order valence-electron chi connectivity index (χ0n) is 15.4. The highest BCUT2D eigenvalue weighted by Gasteiger charge is 2.22. The van der Waals surface area contributed by atoms with E-state index in [9.17, 15) is 4.79 Å². The molecule has 25 heavy (non-hydrogen) atoms. The Morgan fingerprint density at radius 1 is 1.36 bits per heavy atom. The van der Waals surface area contributed by atoms with Crippen LogP contribution in [0.25, 0.3) is 0 Å². The summed E-state index contributed by atoms with van der Waals surface area (Å²) in [5, 5.41) is 3.26. The first-order chi connectivity index (χ1) is 12.0. The zero-order valence-corrected chi connectivity index (χ0v) is 16.1. The summed E-state index contributed by atoms with van der Waals surface area (Å²) < 4.78 is 11.0. The molecule has 140 valence electrons. The number of rotatable bonds is 8. The summed E-state index contributed by atoms with van der Waals surface area (Å²) in [6, 6.07) is 5.19. The van der Waals surface area contributed by atoms with Crippen LogP contribution < -0.4 is 10.1 Å². The second kappa shape index (κ2) is 10.00. The van der Waals surface area contributed by atoms with Gasteiger partial charge in [-0.3, -0.25) is 4.79 Å². The van der Waals surface area contributed by atoms with Gasteiger partial charge < -0.3 is 19.7 Å². The van der Waals surface area contributed by atoms with Crippen molar-refractivity contribution in [2.45, 2.75) is 32.8 Å². The normalized spacial score (nSPS) is 16.2. The SMILES string of the molecule is COCCNC(=O)c1ccc(OC2CCN(CC(C)C)CC2)c(Cl)c1. The highest BCUT2D eigenvalue weighted by Crippen LogP contribution is 2.28. The molecule has 0 aromatic heterocycles. The van der Waals surface area contributed by atoms with Gasteiger partial charge in [-0.25, -0.2) is 0 Å². The number of piperidine rings is 1. The van der Waals surface area contributed by atoms with E-state index in [1.165, 1.54) is 0 Å². The highest BCUT2D eigenvalue weighted by molar-refractivity contribution is 6.32. The van der Waals surface area contributed by atoms with E-state index in [0.29, 0.717) is 35.4 Å². The molecule has 0 bridgehead atoms. The second-order valence-corrected chi connectivity index (χ2v) is 7.31. The first-order valence-corrected chi connectivity index (χ1v) is 9.33. The van der Waals surface area contributed by atoms with E-state index in [2.05, 4.69) is 24.1 Å². The molecule has 0 spiro atoms. The highest BCUT2D eigenvalue weighted by atomic mass is 35.5. The van der Waals surface area contributed by atoms with Gasteiger partial charge in [0, 0.05) is 38.9 Å². The number of nitrogens with zero attached hydrogens (tertiary/aromatic N) is 1. The van der Waals surface area contributed by atoms with Crippen molar-refractivity contribution in [1.29, 1.82) is 0 Å². The standard InChI is InChI=1S/C19H29ClN2O3/c1-14(2)13-22-9-6-16(7-10-22)25-18-5-4-15(12-17(18)20)19(23)21-8-11-24-3/h4-5,12,14,16H,6-11,13H2,1-3H3,(H,21,23). The summed E-state index contributed by atoms with van der Waals surface area (Å²) in [5.74, 6) is 1.18. The van der Waals surface area contributed by atoms with E-state index in [-0.39, 0.29) is 12.0 Å². The molecule has 1 fully saturated rings. The summed E-state index contributed by atoms with van der Waals surface area (Å²) in [6.07, 6.45) is 2.19. The minimum absolute atomic E-state index is 0.160. The minimum atomic E-state index is -0.160. The largest absolute Gasteiger partial charge is 0.489 e. The Morgan fingerprint density at radius 3 is 2.68 bits per heavy atom. The predicted octanol–water partition coefficient (Wildman–Crippen LogP) is 3.22. The van der Waals surface area contributed by atoms with Gasteiger partial charge in [0.05, 0.1) is 11.6 Å². The molecule has 0 saturated carbocycles. The van der Waals surface area contributed by atoms with Crippen LogP contribution in [-0.2, 0) is 4.74 Å². The molecule has 1 aromatic rings. The number of methoxy groups -OCH3 is 1. The van der Waals surface area contributed by atoms with Crippen molar-refractivity contribution in [3.8, 4) is 5.75 Å². The maximum Gasteiger partial charge on any atom is 0.251 e. The van der Waals surface area contributed by atoms with Crippen LogP contribution in [0.3, 0.4) is 0 Å². The van der Waals surface area contributed by atoms with Crippen LogP contribution in [-0.4, -0.2) is 56.8 Å². The number of carbonyl (C=O) groups excluding carboxylic acids is 1. The number of ether oxygens (including phenoxy) is 2. The van der Waals surface area contributed by atoms with Crippen molar-refractivity contribution < 1.29 is 14.3 Å². The lowest BCUT2D eigenvalue weighted by Crippen LogP contribution is -2.39. The number of carbonyl (C=O) groups is 1. The minimum Gasteiger partial charge on any atom is -0.489 e. The molecule has 1 aliphatic rings. The number of likely N-dealkylation sites (tertiary alicyclic amines) is 1. The van der Waals surface area contributed by atoms with Crippen molar-refractivity contribution >= 4 is 17.5 Å². The second-order valence-electron chi connectivity index (χ2n) is 6.91. The number of hydrogen-bond acceptors (Lipinski definition) is 4. The predicted molar refractivity (Wildman–Crippen MR) is 101 cm³/mol. The van der Waals surface area contributed by atoms with E-state index < -0.39 is 0 Å². The molecule has 1 saturated heterocycles. The molecule has 1 N–H and O–H groups in total. The monoisotopic (exact) mass is 368 g/mol. The Labute approximate surface area is 155 Å². The van der Waals surface area contributed by atoms with Crippen LogP contribution in [0.1, 0.15) is 37.0 Å². The van der Waals surface area contributed by atoms with Gasteiger partial charge in [0.1, 0.15) is 11.9 Å². The fourth-order valence-electron chi connectivity index (χ4n) is 3.01. The first-order valence-electron chi connectivity index (χ1n) is 8.95. The van der Waals surface area contributed by atoms with Gasteiger partial charge in [-0.1, -0.05) is 25.4 Å². The molecule has 1 aromatic carbocycles. The number of nitrogens with one attached hydrogen (secondary N) is 1. The Bertz CT molecular complexity index is 558. The van der Waals surface area contributed by atoms with Gasteiger partial charge in [0.2, 0.25) is 0 Å². The lowest BCUT2D eigenvalue weighted by molar-refractivity contribution is 0.0932. The first kappa shape index (κ1) is 20.0. The molecular weight excluding hydrogens is 340 g/mol. The maximum atomic E-state index is 12.0. The topological polar surface area (TPSA) is 50.8 Å². The summed E-state index contributed by atoms with van der Waals surface area (Å²) in [4.78, 5) is 14.5. The van der Waals surface area contributed by atoms with Crippen molar-refractivity contribution in [3.63, 3.8) is 0 Å². The third-order valence-electron chi connectivity index (χ3n) is 4.24. The molecular formula is C19H29ClN2O3. The smallest absolute Gasteiger partial charge is 0.251 e. The van der Waals surface area contributed by atoms with Gasteiger partial charge in [0.25, 0.3) is 5.91 Å². The molecule has 0 unspecified atom stereocenters. The van der Waals surface area contributed by atoms with Crippen molar-refractivity contribution in [3.05, 3.63) is 28.8 Å². The fraction of sp³-hybridized carbons (Fsp3) is 0.632. The number of hydrogen-bond donors (Lipinski definition) is 1. The summed E-state index contributed by atoms with van der Waals surface area (Å²) >= 11 is 6.31. The van der Waals surface area contributed by atoms with Crippen LogP contribution in [0, 0.1) is 5.92 Å². The molecule has 0 aliphatic carbocycles. The maximum absolute atomic E-state index is 12.0. The van der Waals surface area contributed by atoms with Gasteiger partial charge in [-0.05, 0) is 37.0 Å². The quantitative estimate of drug-likeness (QED) is 0.716. The van der Waals surface area contributed by atoms with Crippen LogP contribution in [0.5, 0.6) is 5.75 Å². The molecule has 1 aliphatic heterocycles. The van der Waals surface area contributed by atoms with Gasteiger partial charge in [-0.2, -0.15) is 0 Å². The van der Waals surface area contributed by atoms with Crippen molar-refractivity contribution in [2.75, 3.05) is 39.9 Å². The fourth-order valence-corrected chi connectivity index (χ4v) is 3.24. The lowest BCUT2D eigenvalue weighted by atomic mass is 10.1. The number of benzene rings is 1. The van der Waals surface area contributed by atoms with Crippen LogP contribution in [0.2, 0.25) is 5.02 Å². The number of halogens is 1. The summed E-state index contributed by atoms with van der Waals surface area (Å²) in [6.45, 7) is 8.70. The van der Waals surface area contributed by atoms with Crippen molar-refractivity contribution in [2.24, 2.45) is 5.92 Å². The van der Waals surface area contributed by atoms with Crippen molar-refractivity contribution in [1.82, 2.24) is 10.2 Å². The summed E-state index contributed by atoms with van der Waals surface area (Å²) in [7, 11) is 1.60. The third-order valence-corrected chi connectivity index (χ3v) is 4.53. The lowest BCUT2D eigenvalue weighted by Gasteiger charge is -2.33. The Balaban J connectivity index is 1.86. The average molecular weight is 369 g/mol. The van der Waals surface area contributed by atoms with E-state index in [1.54, 1.807) is 25.3 Å².